The highest BCUT2D eigenvalue weighted by molar-refractivity contribution is 6.14. The number of benzene rings is 9. The second-order valence-corrected chi connectivity index (χ2v) is 16.7. The van der Waals surface area contributed by atoms with Gasteiger partial charge in [-0.05, 0) is 91.3 Å². The predicted octanol–water partition coefficient (Wildman–Crippen LogP) is 15.1. The Kier molecular flexibility index (Phi) is 8.06. The maximum atomic E-state index is 5.18. The van der Waals surface area contributed by atoms with Crippen LogP contribution < -0.4 is 0 Å². The van der Waals surface area contributed by atoms with Gasteiger partial charge in [0, 0.05) is 66.1 Å². The van der Waals surface area contributed by atoms with Gasteiger partial charge >= 0.3 is 0 Å². The van der Waals surface area contributed by atoms with E-state index in [-0.39, 0.29) is 0 Å². The number of para-hydroxylation sites is 4. The van der Waals surface area contributed by atoms with E-state index < -0.39 is 0 Å². The fourth-order valence-corrected chi connectivity index (χ4v) is 10.0. The lowest BCUT2D eigenvalue weighted by Crippen LogP contribution is -1.98. The molecule has 13 aromatic rings. The fourth-order valence-electron chi connectivity index (χ4n) is 10.0. The van der Waals surface area contributed by atoms with E-state index >= 15 is 0 Å². The summed E-state index contributed by atoms with van der Waals surface area (Å²) in [7, 11) is 0. The molecule has 0 unspecified atom stereocenters. The standard InChI is InChI=1S/C59H39N5/c1-38-15-5-6-18-44(38)59-60-51(39-16-3-2-4-17-39)37-52(61-59)40-27-29-41(30-28-40)62-57-33-31-42(63-53-23-11-7-19-45(53)46-20-8-12-24-54(46)63)35-49(57)50-36-43(32-34-58(50)62)64-55-25-13-9-21-47(55)48-22-10-14-26-56(48)64/h2-37H,1H3. The number of hydrogen-bond donors (Lipinski definition) is 0. The van der Waals surface area contributed by atoms with Gasteiger partial charge in [-0.3, -0.25) is 0 Å². The molecular formula is C59H39N5. The molecule has 0 amide bonds. The lowest BCUT2D eigenvalue weighted by atomic mass is 10.0. The van der Waals surface area contributed by atoms with Gasteiger partial charge in [0.2, 0.25) is 0 Å². The van der Waals surface area contributed by atoms with Gasteiger partial charge in [0.05, 0.1) is 44.5 Å². The quantitative estimate of drug-likeness (QED) is 0.168. The smallest absolute Gasteiger partial charge is 0.160 e. The third-order valence-corrected chi connectivity index (χ3v) is 13.0. The molecule has 0 spiro atoms. The van der Waals surface area contributed by atoms with Crippen LogP contribution in [0.5, 0.6) is 0 Å². The summed E-state index contributed by atoms with van der Waals surface area (Å²) in [4.78, 5) is 10.3. The van der Waals surface area contributed by atoms with Crippen molar-refractivity contribution in [3.8, 4) is 51.0 Å². The summed E-state index contributed by atoms with van der Waals surface area (Å²) in [5.74, 6) is 0.721. The van der Waals surface area contributed by atoms with E-state index in [1.807, 2.05) is 6.07 Å². The van der Waals surface area contributed by atoms with Gasteiger partial charge < -0.3 is 13.7 Å². The van der Waals surface area contributed by atoms with Crippen LogP contribution in [0.2, 0.25) is 0 Å². The molecule has 0 bridgehead atoms. The van der Waals surface area contributed by atoms with Gasteiger partial charge in [-0.2, -0.15) is 0 Å². The molecule has 9 aromatic carbocycles. The van der Waals surface area contributed by atoms with Gasteiger partial charge in [-0.1, -0.05) is 140 Å². The van der Waals surface area contributed by atoms with Gasteiger partial charge in [-0.15, -0.1) is 0 Å². The highest BCUT2D eigenvalue weighted by atomic mass is 15.0. The second kappa shape index (κ2) is 14.3. The van der Waals surface area contributed by atoms with Crippen LogP contribution in [0.25, 0.3) is 116 Å². The Hall–Kier alpha value is -8.54. The highest BCUT2D eigenvalue weighted by Gasteiger charge is 2.20. The zero-order valence-corrected chi connectivity index (χ0v) is 35.0. The zero-order chi connectivity index (χ0) is 42.3. The average molecular weight is 818 g/mol. The van der Waals surface area contributed by atoms with E-state index in [4.69, 9.17) is 9.97 Å². The van der Waals surface area contributed by atoms with Gasteiger partial charge in [0.15, 0.2) is 5.82 Å². The molecule has 300 valence electrons. The number of aromatic nitrogens is 5. The van der Waals surface area contributed by atoms with Crippen molar-refractivity contribution in [2.24, 2.45) is 0 Å². The lowest BCUT2D eigenvalue weighted by molar-refractivity contribution is 1.15. The zero-order valence-electron chi connectivity index (χ0n) is 35.0. The van der Waals surface area contributed by atoms with Crippen molar-refractivity contribution >= 4 is 65.4 Å². The van der Waals surface area contributed by atoms with Crippen molar-refractivity contribution < 1.29 is 0 Å². The Morgan fingerprint density at radius 3 is 1.16 bits per heavy atom. The fraction of sp³-hybridized carbons (Fsp3) is 0.0169. The third kappa shape index (κ3) is 5.57. The Morgan fingerprint density at radius 1 is 0.297 bits per heavy atom. The lowest BCUT2D eigenvalue weighted by Gasteiger charge is -2.13. The summed E-state index contributed by atoms with van der Waals surface area (Å²) in [6.07, 6.45) is 0. The average Bonchev–Trinajstić information content (AvgIpc) is 3.99. The summed E-state index contributed by atoms with van der Waals surface area (Å²) >= 11 is 0. The van der Waals surface area contributed by atoms with Crippen LogP contribution >= 0.6 is 0 Å². The third-order valence-electron chi connectivity index (χ3n) is 13.0. The molecule has 0 N–H and O–H groups in total. The van der Waals surface area contributed by atoms with Crippen LogP contribution in [0.4, 0.5) is 0 Å². The van der Waals surface area contributed by atoms with E-state index in [0.717, 1.165) is 67.6 Å². The first-order chi connectivity index (χ1) is 31.7. The topological polar surface area (TPSA) is 40.6 Å². The van der Waals surface area contributed by atoms with Crippen LogP contribution in [0.1, 0.15) is 5.56 Å². The highest BCUT2D eigenvalue weighted by Crippen LogP contribution is 2.40. The first-order valence-corrected chi connectivity index (χ1v) is 21.8. The minimum Gasteiger partial charge on any atom is -0.309 e. The Morgan fingerprint density at radius 2 is 0.672 bits per heavy atom. The number of nitrogens with zero attached hydrogens (tertiary/aromatic N) is 5. The SMILES string of the molecule is Cc1ccccc1-c1nc(-c2ccccc2)cc(-c2ccc(-n3c4ccc(-n5c6ccccc6c6ccccc65)cc4c4cc(-n5c6ccccc6c6ccccc65)ccc43)cc2)n1. The van der Waals surface area contributed by atoms with Crippen molar-refractivity contribution in [2.75, 3.05) is 0 Å². The van der Waals surface area contributed by atoms with Crippen LogP contribution in [0.3, 0.4) is 0 Å². The molecule has 0 saturated carbocycles. The predicted molar refractivity (Wildman–Crippen MR) is 266 cm³/mol. The molecule has 0 fully saturated rings. The van der Waals surface area contributed by atoms with E-state index in [0.29, 0.717) is 0 Å². The van der Waals surface area contributed by atoms with E-state index in [1.165, 1.54) is 54.4 Å². The van der Waals surface area contributed by atoms with E-state index in [2.05, 4.69) is 233 Å². The number of aryl methyl sites for hydroxylation is 1. The Labute approximate surface area is 369 Å². The molecule has 4 heterocycles. The summed E-state index contributed by atoms with van der Waals surface area (Å²) in [6.45, 7) is 2.12. The van der Waals surface area contributed by atoms with E-state index in [1.54, 1.807) is 0 Å². The first kappa shape index (κ1) is 36.1. The monoisotopic (exact) mass is 817 g/mol. The summed E-state index contributed by atoms with van der Waals surface area (Å²) in [5, 5.41) is 7.37. The molecule has 0 aliphatic rings. The van der Waals surface area contributed by atoms with Crippen LogP contribution in [0.15, 0.2) is 218 Å². The van der Waals surface area contributed by atoms with E-state index in [9.17, 15) is 0 Å². The molecule has 0 aliphatic carbocycles. The van der Waals surface area contributed by atoms with Crippen LogP contribution in [-0.2, 0) is 0 Å². The molecule has 0 aliphatic heterocycles. The van der Waals surface area contributed by atoms with Crippen LogP contribution in [-0.4, -0.2) is 23.7 Å². The molecule has 5 nitrogen and oxygen atoms in total. The van der Waals surface area contributed by atoms with Gasteiger partial charge in [-0.25, -0.2) is 9.97 Å². The minimum atomic E-state index is 0.721. The van der Waals surface area contributed by atoms with Crippen molar-refractivity contribution in [1.29, 1.82) is 0 Å². The number of rotatable bonds is 6. The molecule has 0 saturated heterocycles. The van der Waals surface area contributed by atoms with Crippen molar-refractivity contribution in [2.45, 2.75) is 6.92 Å². The number of fused-ring (bicyclic) bond motifs is 9. The van der Waals surface area contributed by atoms with Gasteiger partial charge in [0.1, 0.15) is 0 Å². The molecule has 64 heavy (non-hydrogen) atoms. The molecule has 13 rings (SSSR count). The summed E-state index contributed by atoms with van der Waals surface area (Å²) in [5.41, 5.74) is 16.4. The minimum absolute atomic E-state index is 0.721. The van der Waals surface area contributed by atoms with Crippen molar-refractivity contribution in [3.63, 3.8) is 0 Å². The molecular weight excluding hydrogens is 779 g/mol. The normalized spacial score (nSPS) is 11.8. The summed E-state index contributed by atoms with van der Waals surface area (Å²) in [6, 6.07) is 78.5. The summed E-state index contributed by atoms with van der Waals surface area (Å²) < 4.78 is 7.24. The molecule has 5 heteroatoms. The Balaban J connectivity index is 1.02. The maximum Gasteiger partial charge on any atom is 0.160 e. The molecule has 0 atom stereocenters. The maximum absolute atomic E-state index is 5.18. The van der Waals surface area contributed by atoms with Crippen molar-refractivity contribution in [3.05, 3.63) is 224 Å². The molecule has 4 aromatic heterocycles. The molecule has 0 radical (unpaired) electrons. The number of hydrogen-bond acceptors (Lipinski definition) is 2. The first-order valence-electron chi connectivity index (χ1n) is 21.8. The Bertz CT molecular complexity index is 3680. The second-order valence-electron chi connectivity index (χ2n) is 16.7. The van der Waals surface area contributed by atoms with Gasteiger partial charge in [0.25, 0.3) is 0 Å². The van der Waals surface area contributed by atoms with Crippen LogP contribution in [0, 0.1) is 6.92 Å². The largest absolute Gasteiger partial charge is 0.309 e. The van der Waals surface area contributed by atoms with Crippen molar-refractivity contribution in [1.82, 2.24) is 23.7 Å².